The first-order valence-corrected chi connectivity index (χ1v) is 17.4. The SMILES string of the molecule is CCOC(=O)N1CCN(C(=O)C(CCC(=O)O)NC(=O)c2cc(OCC(=O)N3CCCC3C(=O)NCC3CCC3)c3ccc(C)cc3n2)CC1. The Morgan fingerprint density at radius 1 is 0.980 bits per heavy atom. The number of nitrogens with zero attached hydrogens (tertiary/aromatic N) is 4. The number of carboxylic acids is 1. The Morgan fingerprint density at radius 2 is 1.72 bits per heavy atom. The molecule has 1 saturated carbocycles. The molecule has 50 heavy (non-hydrogen) atoms. The van der Waals surface area contributed by atoms with Crippen molar-refractivity contribution in [2.45, 2.75) is 70.9 Å². The minimum Gasteiger partial charge on any atom is -0.483 e. The highest BCUT2D eigenvalue weighted by Gasteiger charge is 2.35. The highest BCUT2D eigenvalue weighted by molar-refractivity contribution is 5.99. The molecule has 1 aliphatic carbocycles. The summed E-state index contributed by atoms with van der Waals surface area (Å²) in [5, 5.41) is 15.6. The average Bonchev–Trinajstić information content (AvgIpc) is 3.58. The van der Waals surface area contributed by atoms with E-state index < -0.39 is 36.0 Å². The maximum Gasteiger partial charge on any atom is 0.409 e. The Labute approximate surface area is 290 Å². The molecule has 2 unspecified atom stereocenters. The number of ether oxygens (including phenoxy) is 2. The molecular formula is C35H46N6O9. The molecule has 2 atom stereocenters. The van der Waals surface area contributed by atoms with E-state index in [0.717, 1.165) is 18.4 Å². The number of aliphatic carboxylic acids is 1. The van der Waals surface area contributed by atoms with Gasteiger partial charge in [-0.15, -0.1) is 0 Å². The minimum absolute atomic E-state index is 0.0831. The molecule has 3 fully saturated rings. The second-order valence-electron chi connectivity index (χ2n) is 13.1. The summed E-state index contributed by atoms with van der Waals surface area (Å²) < 4.78 is 11.0. The molecule has 5 rings (SSSR count). The fourth-order valence-corrected chi connectivity index (χ4v) is 6.46. The number of fused-ring (bicyclic) bond motifs is 1. The van der Waals surface area contributed by atoms with Gasteiger partial charge in [0.25, 0.3) is 11.8 Å². The molecule has 2 aliphatic heterocycles. The van der Waals surface area contributed by atoms with Crippen LogP contribution in [0.5, 0.6) is 5.75 Å². The van der Waals surface area contributed by atoms with E-state index >= 15 is 0 Å². The molecule has 2 saturated heterocycles. The van der Waals surface area contributed by atoms with Crippen LogP contribution in [0.2, 0.25) is 0 Å². The predicted molar refractivity (Wildman–Crippen MR) is 180 cm³/mol. The van der Waals surface area contributed by atoms with Gasteiger partial charge in [0.15, 0.2) is 6.61 Å². The zero-order valence-corrected chi connectivity index (χ0v) is 28.7. The summed E-state index contributed by atoms with van der Waals surface area (Å²) in [5.74, 6) is -2.10. The van der Waals surface area contributed by atoms with E-state index in [1.165, 1.54) is 22.3 Å². The first-order valence-electron chi connectivity index (χ1n) is 17.4. The second-order valence-corrected chi connectivity index (χ2v) is 13.1. The van der Waals surface area contributed by atoms with Crippen molar-refractivity contribution in [1.29, 1.82) is 0 Å². The molecule has 5 amide bonds. The second kappa shape index (κ2) is 16.6. The van der Waals surface area contributed by atoms with Gasteiger partial charge >= 0.3 is 12.1 Å². The van der Waals surface area contributed by atoms with Crippen molar-refractivity contribution in [2.24, 2.45) is 5.92 Å². The number of amides is 5. The van der Waals surface area contributed by atoms with Crippen molar-refractivity contribution in [3.63, 3.8) is 0 Å². The number of hydrogen-bond donors (Lipinski definition) is 3. The van der Waals surface area contributed by atoms with Crippen molar-refractivity contribution in [3.8, 4) is 5.75 Å². The molecule has 0 spiro atoms. The van der Waals surface area contributed by atoms with E-state index in [-0.39, 0.29) is 75.5 Å². The molecular weight excluding hydrogens is 648 g/mol. The van der Waals surface area contributed by atoms with E-state index in [2.05, 4.69) is 15.6 Å². The van der Waals surface area contributed by atoms with Crippen molar-refractivity contribution >= 4 is 46.6 Å². The van der Waals surface area contributed by atoms with Crippen molar-refractivity contribution < 1.29 is 43.3 Å². The Hall–Kier alpha value is -4.95. The number of aromatic nitrogens is 1. The van der Waals surface area contributed by atoms with Crippen LogP contribution in [0.4, 0.5) is 4.79 Å². The zero-order valence-electron chi connectivity index (χ0n) is 28.7. The first kappa shape index (κ1) is 36.3. The number of hydrogen-bond acceptors (Lipinski definition) is 9. The highest BCUT2D eigenvalue weighted by Crippen LogP contribution is 2.28. The van der Waals surface area contributed by atoms with E-state index in [4.69, 9.17) is 9.47 Å². The third kappa shape index (κ3) is 8.98. The van der Waals surface area contributed by atoms with Crippen LogP contribution >= 0.6 is 0 Å². The van der Waals surface area contributed by atoms with Gasteiger partial charge in [-0.05, 0) is 69.6 Å². The summed E-state index contributed by atoms with van der Waals surface area (Å²) in [4.78, 5) is 86.0. The molecule has 0 bridgehead atoms. The Bertz CT molecular complexity index is 1600. The van der Waals surface area contributed by atoms with E-state index in [9.17, 15) is 33.9 Å². The molecule has 15 heteroatoms. The van der Waals surface area contributed by atoms with Crippen LogP contribution in [0.15, 0.2) is 24.3 Å². The molecule has 2 aromatic rings. The van der Waals surface area contributed by atoms with E-state index in [0.29, 0.717) is 42.8 Å². The molecule has 0 radical (unpaired) electrons. The lowest BCUT2D eigenvalue weighted by Gasteiger charge is -2.35. The van der Waals surface area contributed by atoms with E-state index in [1.807, 2.05) is 13.0 Å². The number of carboxylic acid groups (broad SMARTS) is 1. The molecule has 3 aliphatic rings. The molecule has 270 valence electrons. The number of benzene rings is 1. The molecule has 1 aromatic heterocycles. The van der Waals surface area contributed by atoms with Crippen LogP contribution in [0.25, 0.3) is 10.9 Å². The fraction of sp³-hybridized carbons (Fsp3) is 0.571. The first-order chi connectivity index (χ1) is 24.0. The number of carbonyl (C=O) groups excluding carboxylic acids is 5. The van der Waals surface area contributed by atoms with Gasteiger partial charge in [0, 0.05) is 57.1 Å². The largest absolute Gasteiger partial charge is 0.483 e. The predicted octanol–water partition coefficient (Wildman–Crippen LogP) is 2.09. The molecule has 15 nitrogen and oxygen atoms in total. The lowest BCUT2D eigenvalue weighted by Crippen LogP contribution is -2.56. The Kier molecular flexibility index (Phi) is 12.1. The summed E-state index contributed by atoms with van der Waals surface area (Å²) >= 11 is 0. The lowest BCUT2D eigenvalue weighted by atomic mass is 9.85. The normalized spacial score (nSPS) is 18.3. The number of aryl methyl sites for hydroxylation is 1. The third-order valence-corrected chi connectivity index (χ3v) is 9.54. The zero-order chi connectivity index (χ0) is 35.8. The van der Waals surface area contributed by atoms with Gasteiger partial charge in [0.05, 0.1) is 12.1 Å². The maximum atomic E-state index is 13.6. The van der Waals surface area contributed by atoms with Crippen molar-refractivity contribution in [3.05, 3.63) is 35.5 Å². The quantitative estimate of drug-likeness (QED) is 0.280. The van der Waals surface area contributed by atoms with E-state index in [1.54, 1.807) is 24.0 Å². The number of likely N-dealkylation sites (tertiary alicyclic amines) is 1. The lowest BCUT2D eigenvalue weighted by molar-refractivity contribution is -0.140. The summed E-state index contributed by atoms with van der Waals surface area (Å²) in [6, 6.07) is 5.06. The summed E-state index contributed by atoms with van der Waals surface area (Å²) in [7, 11) is 0. The molecule has 3 N–H and O–H groups in total. The monoisotopic (exact) mass is 694 g/mol. The van der Waals surface area contributed by atoms with Gasteiger partial charge in [-0.2, -0.15) is 0 Å². The van der Waals surface area contributed by atoms with Crippen LogP contribution in [0.1, 0.15) is 67.9 Å². The van der Waals surface area contributed by atoms with Gasteiger partial charge in [-0.25, -0.2) is 9.78 Å². The maximum absolute atomic E-state index is 13.6. The van der Waals surface area contributed by atoms with Gasteiger partial charge in [-0.3, -0.25) is 24.0 Å². The summed E-state index contributed by atoms with van der Waals surface area (Å²) in [6.07, 6.45) is 3.68. The summed E-state index contributed by atoms with van der Waals surface area (Å²) in [5.41, 5.74) is 1.21. The average molecular weight is 695 g/mol. The van der Waals surface area contributed by atoms with Crippen LogP contribution in [0.3, 0.4) is 0 Å². The number of nitrogens with one attached hydrogen (secondary N) is 2. The third-order valence-electron chi connectivity index (χ3n) is 9.54. The minimum atomic E-state index is -1.17. The summed E-state index contributed by atoms with van der Waals surface area (Å²) in [6.45, 7) is 5.35. The van der Waals surface area contributed by atoms with Gasteiger partial charge in [-0.1, -0.05) is 12.5 Å². The topological polar surface area (TPSA) is 188 Å². The Balaban J connectivity index is 1.28. The van der Waals surface area contributed by atoms with Gasteiger partial charge in [0.2, 0.25) is 11.8 Å². The Morgan fingerprint density at radius 3 is 2.40 bits per heavy atom. The van der Waals surface area contributed by atoms with Crippen LogP contribution in [0, 0.1) is 12.8 Å². The van der Waals surface area contributed by atoms with Crippen LogP contribution < -0.4 is 15.4 Å². The molecule has 1 aromatic carbocycles. The van der Waals surface area contributed by atoms with Crippen LogP contribution in [-0.2, 0) is 23.9 Å². The number of carbonyl (C=O) groups is 6. The van der Waals surface area contributed by atoms with Gasteiger partial charge < -0.3 is 39.9 Å². The number of piperazine rings is 1. The van der Waals surface area contributed by atoms with Crippen LogP contribution in [-0.4, -0.2) is 125 Å². The number of rotatable bonds is 13. The standard InChI is InChI=1S/C35H46N6O9/c1-3-49-35(48)40-16-14-39(15-17-40)34(47)25(11-12-31(43)44)38-32(45)27-19-29(24-10-9-22(2)18-26(24)37-27)50-21-30(42)41-13-5-8-28(41)33(46)36-20-23-6-4-7-23/h9-10,18-19,23,25,28H,3-8,11-17,20-21H2,1-2H3,(H,36,46)(H,38,45)(H,43,44). The van der Waals surface area contributed by atoms with Crippen molar-refractivity contribution in [1.82, 2.24) is 30.3 Å². The number of pyridine rings is 1. The molecule has 3 heterocycles. The fourth-order valence-electron chi connectivity index (χ4n) is 6.46. The smallest absolute Gasteiger partial charge is 0.409 e. The highest BCUT2D eigenvalue weighted by atomic mass is 16.6. The van der Waals surface area contributed by atoms with Gasteiger partial charge in [0.1, 0.15) is 23.5 Å². The van der Waals surface area contributed by atoms with Crippen molar-refractivity contribution in [2.75, 3.05) is 52.5 Å².